The lowest BCUT2D eigenvalue weighted by atomic mass is 9.62. The Bertz CT molecular complexity index is 383. The number of hydrogen-bond acceptors (Lipinski definition) is 1. The molecule has 3 rings (SSSR count). The molecular weight excluding hydrogens is 218 g/mol. The minimum atomic E-state index is 0.524. The summed E-state index contributed by atoms with van der Waals surface area (Å²) < 4.78 is 0. The van der Waals surface area contributed by atoms with Crippen molar-refractivity contribution < 1.29 is 0 Å². The Morgan fingerprint density at radius 3 is 2.22 bits per heavy atom. The van der Waals surface area contributed by atoms with Gasteiger partial charge in [0.05, 0.1) is 0 Å². The van der Waals surface area contributed by atoms with Crippen molar-refractivity contribution in [2.75, 3.05) is 19.6 Å². The van der Waals surface area contributed by atoms with Crippen molar-refractivity contribution in [1.82, 2.24) is 4.90 Å². The molecule has 2 aliphatic rings. The van der Waals surface area contributed by atoms with Gasteiger partial charge >= 0.3 is 0 Å². The molecule has 0 unspecified atom stereocenters. The van der Waals surface area contributed by atoms with Gasteiger partial charge in [-0.1, -0.05) is 36.2 Å². The maximum absolute atomic E-state index is 2.66. The molecule has 0 aromatic heterocycles. The fourth-order valence-corrected chi connectivity index (χ4v) is 3.57. The van der Waals surface area contributed by atoms with Gasteiger partial charge in [-0.05, 0) is 69.6 Å². The molecule has 0 bridgehead atoms. The Kier molecular flexibility index (Phi) is 3.43. The highest BCUT2D eigenvalue weighted by Gasteiger charge is 2.38. The number of rotatable bonds is 4. The van der Waals surface area contributed by atoms with E-state index < -0.39 is 0 Å². The van der Waals surface area contributed by atoms with Crippen LogP contribution in [-0.4, -0.2) is 24.5 Å². The molecule has 1 aliphatic carbocycles. The summed E-state index contributed by atoms with van der Waals surface area (Å²) in [5, 5.41) is 0. The Hall–Kier alpha value is -0.820. The largest absolute Gasteiger partial charge is 0.303 e. The van der Waals surface area contributed by atoms with Gasteiger partial charge in [0, 0.05) is 0 Å². The van der Waals surface area contributed by atoms with E-state index in [2.05, 4.69) is 36.1 Å². The van der Waals surface area contributed by atoms with Gasteiger partial charge in [-0.25, -0.2) is 0 Å². The molecule has 0 atom stereocenters. The summed E-state index contributed by atoms with van der Waals surface area (Å²) in [5.41, 5.74) is 3.50. The van der Waals surface area contributed by atoms with Crippen molar-refractivity contribution in [2.24, 2.45) is 0 Å². The number of likely N-dealkylation sites (tertiary alicyclic amines) is 1. The summed E-state index contributed by atoms with van der Waals surface area (Å²) in [4.78, 5) is 2.66. The molecule has 0 N–H and O–H groups in total. The van der Waals surface area contributed by atoms with Crippen LogP contribution in [0.15, 0.2) is 24.3 Å². The molecule has 18 heavy (non-hydrogen) atoms. The van der Waals surface area contributed by atoms with Crippen molar-refractivity contribution in [2.45, 2.75) is 50.9 Å². The van der Waals surface area contributed by atoms with Crippen LogP contribution in [0.2, 0.25) is 0 Å². The van der Waals surface area contributed by atoms with E-state index in [9.17, 15) is 0 Å². The van der Waals surface area contributed by atoms with Crippen LogP contribution in [0, 0.1) is 6.92 Å². The van der Waals surface area contributed by atoms with Crippen molar-refractivity contribution in [3.05, 3.63) is 35.4 Å². The monoisotopic (exact) mass is 243 g/mol. The van der Waals surface area contributed by atoms with E-state index >= 15 is 0 Å². The van der Waals surface area contributed by atoms with Crippen LogP contribution in [0.1, 0.15) is 49.7 Å². The third-order valence-electron chi connectivity index (χ3n) is 5.08. The summed E-state index contributed by atoms with van der Waals surface area (Å²) in [6.45, 7) is 6.17. The van der Waals surface area contributed by atoms with Crippen molar-refractivity contribution in [3.63, 3.8) is 0 Å². The topological polar surface area (TPSA) is 3.24 Å². The zero-order valence-electron chi connectivity index (χ0n) is 11.6. The minimum absolute atomic E-state index is 0.524. The van der Waals surface area contributed by atoms with Gasteiger partial charge in [0.1, 0.15) is 0 Å². The minimum Gasteiger partial charge on any atom is -0.303 e. The quantitative estimate of drug-likeness (QED) is 0.775. The van der Waals surface area contributed by atoms with Gasteiger partial charge in [-0.15, -0.1) is 0 Å². The molecule has 0 radical (unpaired) electrons. The van der Waals surface area contributed by atoms with Gasteiger partial charge in [0.25, 0.3) is 0 Å². The highest BCUT2D eigenvalue weighted by Crippen LogP contribution is 2.46. The predicted molar refractivity (Wildman–Crippen MR) is 77.0 cm³/mol. The molecule has 1 aromatic rings. The highest BCUT2D eigenvalue weighted by atomic mass is 15.1. The second kappa shape index (κ2) is 5.05. The van der Waals surface area contributed by atoms with E-state index in [-0.39, 0.29) is 0 Å². The zero-order chi connectivity index (χ0) is 12.4. The van der Waals surface area contributed by atoms with E-state index in [0.717, 1.165) is 0 Å². The molecule has 1 aliphatic heterocycles. The summed E-state index contributed by atoms with van der Waals surface area (Å²) >= 11 is 0. The first kappa shape index (κ1) is 12.2. The SMILES string of the molecule is Cc1ccc(C2(CCN3CCCC3)CCC2)cc1. The highest BCUT2D eigenvalue weighted by molar-refractivity contribution is 5.30. The lowest BCUT2D eigenvalue weighted by molar-refractivity contribution is 0.190. The third kappa shape index (κ3) is 2.33. The molecular formula is C17H25N. The molecule has 1 saturated carbocycles. The number of hydrogen-bond donors (Lipinski definition) is 0. The van der Waals surface area contributed by atoms with E-state index in [1.807, 2.05) is 0 Å². The molecule has 0 spiro atoms. The van der Waals surface area contributed by atoms with Crippen LogP contribution in [0.5, 0.6) is 0 Å². The first-order chi connectivity index (χ1) is 8.78. The fraction of sp³-hybridized carbons (Fsp3) is 0.647. The second-order valence-corrected chi connectivity index (χ2v) is 6.30. The van der Waals surface area contributed by atoms with Crippen molar-refractivity contribution >= 4 is 0 Å². The Morgan fingerprint density at radius 1 is 1.00 bits per heavy atom. The molecule has 98 valence electrons. The smallest absolute Gasteiger partial charge is 0.00102 e. The van der Waals surface area contributed by atoms with Crippen LogP contribution < -0.4 is 0 Å². The lowest BCUT2D eigenvalue weighted by Gasteiger charge is -2.43. The maximum atomic E-state index is 2.66. The van der Waals surface area contributed by atoms with Gasteiger partial charge in [-0.2, -0.15) is 0 Å². The Balaban J connectivity index is 1.67. The van der Waals surface area contributed by atoms with Crippen LogP contribution >= 0.6 is 0 Å². The molecule has 0 amide bonds. The normalized spacial score (nSPS) is 22.9. The summed E-state index contributed by atoms with van der Waals surface area (Å²) in [7, 11) is 0. The van der Waals surface area contributed by atoms with Crippen LogP contribution in [0.4, 0.5) is 0 Å². The standard InChI is InChI=1S/C17H25N/c1-15-5-7-16(8-6-15)17(9-4-10-17)11-14-18-12-2-3-13-18/h5-8H,2-4,9-14H2,1H3. The number of aryl methyl sites for hydroxylation is 1. The first-order valence-corrected chi connectivity index (χ1v) is 7.58. The van der Waals surface area contributed by atoms with Gasteiger partial charge in [-0.3, -0.25) is 0 Å². The molecule has 1 nitrogen and oxygen atoms in total. The fourth-order valence-electron chi connectivity index (χ4n) is 3.57. The molecule has 1 heterocycles. The van der Waals surface area contributed by atoms with Gasteiger partial charge in [0.2, 0.25) is 0 Å². The second-order valence-electron chi connectivity index (χ2n) is 6.30. The lowest BCUT2D eigenvalue weighted by Crippen LogP contribution is -2.38. The number of nitrogens with zero attached hydrogens (tertiary/aromatic N) is 1. The summed E-state index contributed by atoms with van der Waals surface area (Å²) in [6, 6.07) is 9.31. The first-order valence-electron chi connectivity index (χ1n) is 7.58. The Morgan fingerprint density at radius 2 is 1.67 bits per heavy atom. The van der Waals surface area contributed by atoms with E-state index in [1.54, 1.807) is 5.56 Å². The number of benzene rings is 1. The molecule has 2 fully saturated rings. The maximum Gasteiger partial charge on any atom is -0.00102 e. The van der Waals surface area contributed by atoms with Crippen LogP contribution in [0.3, 0.4) is 0 Å². The average Bonchev–Trinajstić information content (AvgIpc) is 2.83. The van der Waals surface area contributed by atoms with Crippen molar-refractivity contribution in [3.8, 4) is 0 Å². The van der Waals surface area contributed by atoms with E-state index in [0.29, 0.717) is 5.41 Å². The van der Waals surface area contributed by atoms with Gasteiger partial charge in [0.15, 0.2) is 0 Å². The summed E-state index contributed by atoms with van der Waals surface area (Å²) in [5.74, 6) is 0. The molecule has 1 heteroatoms. The Labute approximate surface area is 111 Å². The van der Waals surface area contributed by atoms with Gasteiger partial charge < -0.3 is 4.90 Å². The zero-order valence-corrected chi connectivity index (χ0v) is 11.6. The predicted octanol–water partition coefficient (Wildman–Crippen LogP) is 3.90. The molecule has 1 aromatic carbocycles. The van der Waals surface area contributed by atoms with Crippen LogP contribution in [-0.2, 0) is 5.41 Å². The third-order valence-corrected chi connectivity index (χ3v) is 5.08. The van der Waals surface area contributed by atoms with Crippen molar-refractivity contribution in [1.29, 1.82) is 0 Å². The van der Waals surface area contributed by atoms with E-state index in [1.165, 1.54) is 63.7 Å². The molecule has 1 saturated heterocycles. The van der Waals surface area contributed by atoms with E-state index in [4.69, 9.17) is 0 Å². The summed E-state index contributed by atoms with van der Waals surface area (Å²) in [6.07, 6.45) is 8.44. The average molecular weight is 243 g/mol. The van der Waals surface area contributed by atoms with Crippen LogP contribution in [0.25, 0.3) is 0 Å².